The summed E-state index contributed by atoms with van der Waals surface area (Å²) in [5, 5.41) is 0. The molecule has 2 aliphatic rings. The lowest BCUT2D eigenvalue weighted by molar-refractivity contribution is -0.127. The maximum atomic E-state index is 11.8. The summed E-state index contributed by atoms with van der Waals surface area (Å²) in [4.78, 5) is 11.8. The van der Waals surface area contributed by atoms with E-state index in [1.54, 1.807) is 0 Å². The zero-order valence-corrected chi connectivity index (χ0v) is 8.34. The monoisotopic (exact) mass is 182 g/mol. The SMILES string of the molecule is CC1(CC(=O)C2CCCOC2)CC1. The van der Waals surface area contributed by atoms with Crippen molar-refractivity contribution >= 4 is 5.78 Å². The fourth-order valence-electron chi connectivity index (χ4n) is 1.95. The first-order valence-electron chi connectivity index (χ1n) is 5.30. The number of hydrogen-bond acceptors (Lipinski definition) is 2. The van der Waals surface area contributed by atoms with E-state index in [9.17, 15) is 4.79 Å². The Balaban J connectivity index is 1.81. The molecule has 0 bridgehead atoms. The summed E-state index contributed by atoms with van der Waals surface area (Å²) in [6, 6.07) is 0. The molecule has 2 rings (SSSR count). The summed E-state index contributed by atoms with van der Waals surface area (Å²) in [7, 11) is 0. The van der Waals surface area contributed by atoms with Crippen molar-refractivity contribution in [2.75, 3.05) is 13.2 Å². The smallest absolute Gasteiger partial charge is 0.138 e. The molecular formula is C11H18O2. The van der Waals surface area contributed by atoms with Gasteiger partial charge in [-0.2, -0.15) is 0 Å². The Kier molecular flexibility index (Phi) is 2.41. The third-order valence-corrected chi connectivity index (χ3v) is 3.32. The van der Waals surface area contributed by atoms with Crippen LogP contribution in [-0.4, -0.2) is 19.0 Å². The largest absolute Gasteiger partial charge is 0.381 e. The van der Waals surface area contributed by atoms with E-state index < -0.39 is 0 Å². The third kappa shape index (κ3) is 2.31. The number of ketones is 1. The Morgan fingerprint density at radius 3 is 2.85 bits per heavy atom. The molecule has 13 heavy (non-hydrogen) atoms. The molecule has 1 saturated carbocycles. The second-order valence-corrected chi connectivity index (χ2v) is 4.87. The van der Waals surface area contributed by atoms with Crippen LogP contribution >= 0.6 is 0 Å². The van der Waals surface area contributed by atoms with Gasteiger partial charge in [0, 0.05) is 18.9 Å². The highest BCUT2D eigenvalue weighted by atomic mass is 16.5. The first-order valence-corrected chi connectivity index (χ1v) is 5.30. The van der Waals surface area contributed by atoms with Gasteiger partial charge >= 0.3 is 0 Å². The summed E-state index contributed by atoms with van der Waals surface area (Å²) in [6.45, 7) is 3.74. The van der Waals surface area contributed by atoms with E-state index in [0.717, 1.165) is 25.9 Å². The number of hydrogen-bond donors (Lipinski definition) is 0. The minimum Gasteiger partial charge on any atom is -0.381 e. The molecule has 0 aromatic rings. The van der Waals surface area contributed by atoms with Gasteiger partial charge in [-0.1, -0.05) is 6.92 Å². The Morgan fingerprint density at radius 2 is 2.31 bits per heavy atom. The summed E-state index contributed by atoms with van der Waals surface area (Å²) in [5.74, 6) is 0.658. The van der Waals surface area contributed by atoms with Gasteiger partial charge in [0.25, 0.3) is 0 Å². The van der Waals surface area contributed by atoms with Gasteiger partial charge in [0.1, 0.15) is 5.78 Å². The van der Waals surface area contributed by atoms with E-state index >= 15 is 0 Å². The van der Waals surface area contributed by atoms with Crippen LogP contribution in [0.4, 0.5) is 0 Å². The van der Waals surface area contributed by atoms with E-state index in [-0.39, 0.29) is 5.92 Å². The van der Waals surface area contributed by atoms with Gasteiger partial charge in [-0.05, 0) is 31.1 Å². The quantitative estimate of drug-likeness (QED) is 0.668. The van der Waals surface area contributed by atoms with Crippen LogP contribution in [0.1, 0.15) is 39.0 Å². The minimum absolute atomic E-state index is 0.214. The van der Waals surface area contributed by atoms with Crippen LogP contribution in [0.3, 0.4) is 0 Å². The zero-order chi connectivity index (χ0) is 9.31. The Labute approximate surface area is 79.7 Å². The summed E-state index contributed by atoms with van der Waals surface area (Å²) < 4.78 is 5.32. The highest BCUT2D eigenvalue weighted by Crippen LogP contribution is 2.48. The van der Waals surface area contributed by atoms with Crippen molar-refractivity contribution in [3.05, 3.63) is 0 Å². The van der Waals surface area contributed by atoms with Crippen molar-refractivity contribution in [1.29, 1.82) is 0 Å². The normalized spacial score (nSPS) is 31.3. The predicted octanol–water partition coefficient (Wildman–Crippen LogP) is 2.17. The van der Waals surface area contributed by atoms with E-state index in [1.807, 2.05) is 0 Å². The molecule has 1 unspecified atom stereocenters. The second-order valence-electron chi connectivity index (χ2n) is 4.87. The molecular weight excluding hydrogens is 164 g/mol. The molecule has 2 heteroatoms. The Morgan fingerprint density at radius 1 is 1.54 bits per heavy atom. The van der Waals surface area contributed by atoms with Gasteiger partial charge < -0.3 is 4.74 Å². The van der Waals surface area contributed by atoms with Gasteiger partial charge in [0.15, 0.2) is 0 Å². The topological polar surface area (TPSA) is 26.3 Å². The molecule has 1 atom stereocenters. The van der Waals surface area contributed by atoms with Crippen LogP contribution in [0.2, 0.25) is 0 Å². The molecule has 2 fully saturated rings. The van der Waals surface area contributed by atoms with Gasteiger partial charge in [-0.15, -0.1) is 0 Å². The molecule has 2 nitrogen and oxygen atoms in total. The van der Waals surface area contributed by atoms with Crippen LogP contribution in [0, 0.1) is 11.3 Å². The first kappa shape index (κ1) is 9.20. The maximum Gasteiger partial charge on any atom is 0.138 e. The predicted molar refractivity (Wildman–Crippen MR) is 50.5 cm³/mol. The molecule has 0 amide bonds. The van der Waals surface area contributed by atoms with Crippen LogP contribution in [-0.2, 0) is 9.53 Å². The summed E-state index contributed by atoms with van der Waals surface area (Å²) >= 11 is 0. The van der Waals surface area contributed by atoms with Crippen molar-refractivity contribution < 1.29 is 9.53 Å². The van der Waals surface area contributed by atoms with Crippen LogP contribution in [0.25, 0.3) is 0 Å². The van der Waals surface area contributed by atoms with Crippen molar-refractivity contribution in [2.24, 2.45) is 11.3 Å². The number of ether oxygens (including phenoxy) is 1. The highest BCUT2D eigenvalue weighted by molar-refractivity contribution is 5.82. The summed E-state index contributed by atoms with van der Waals surface area (Å²) in [5.41, 5.74) is 0.370. The Hall–Kier alpha value is -0.370. The minimum atomic E-state index is 0.214. The number of Topliss-reactive ketones (excluding diaryl/α,β-unsaturated/α-hetero) is 1. The second kappa shape index (κ2) is 3.41. The molecule has 1 aliphatic heterocycles. The molecule has 0 spiro atoms. The molecule has 0 aromatic carbocycles. The fraction of sp³-hybridized carbons (Fsp3) is 0.909. The Bertz CT molecular complexity index is 200. The molecule has 0 N–H and O–H groups in total. The maximum absolute atomic E-state index is 11.8. The molecule has 0 aromatic heterocycles. The number of carbonyl (C=O) groups excluding carboxylic acids is 1. The average molecular weight is 182 g/mol. The lowest BCUT2D eigenvalue weighted by Gasteiger charge is -2.22. The molecule has 74 valence electrons. The summed E-state index contributed by atoms with van der Waals surface area (Å²) in [6.07, 6.45) is 5.39. The lowest BCUT2D eigenvalue weighted by Crippen LogP contribution is -2.26. The fourth-order valence-corrected chi connectivity index (χ4v) is 1.95. The first-order chi connectivity index (χ1) is 6.20. The standard InChI is InChI=1S/C11H18O2/c1-11(4-5-11)7-10(12)9-3-2-6-13-8-9/h9H,2-8H2,1H3. The van der Waals surface area contributed by atoms with Crippen LogP contribution in [0.15, 0.2) is 0 Å². The van der Waals surface area contributed by atoms with Gasteiger partial charge in [0.05, 0.1) is 6.61 Å². The van der Waals surface area contributed by atoms with E-state index in [0.29, 0.717) is 17.8 Å². The van der Waals surface area contributed by atoms with E-state index in [2.05, 4.69) is 6.92 Å². The number of rotatable bonds is 3. The molecule has 1 aliphatic carbocycles. The van der Waals surface area contributed by atoms with Crippen LogP contribution < -0.4 is 0 Å². The third-order valence-electron chi connectivity index (χ3n) is 3.32. The zero-order valence-electron chi connectivity index (χ0n) is 8.34. The van der Waals surface area contributed by atoms with Crippen molar-refractivity contribution in [3.8, 4) is 0 Å². The van der Waals surface area contributed by atoms with Crippen LogP contribution in [0.5, 0.6) is 0 Å². The van der Waals surface area contributed by atoms with Crippen molar-refractivity contribution in [3.63, 3.8) is 0 Å². The molecule has 1 heterocycles. The van der Waals surface area contributed by atoms with E-state index in [1.165, 1.54) is 12.8 Å². The lowest BCUT2D eigenvalue weighted by atomic mass is 9.90. The highest BCUT2D eigenvalue weighted by Gasteiger charge is 2.40. The number of carbonyl (C=O) groups is 1. The van der Waals surface area contributed by atoms with Crippen molar-refractivity contribution in [1.82, 2.24) is 0 Å². The molecule has 0 radical (unpaired) electrons. The van der Waals surface area contributed by atoms with Gasteiger partial charge in [0.2, 0.25) is 0 Å². The van der Waals surface area contributed by atoms with Gasteiger partial charge in [-0.3, -0.25) is 4.79 Å². The van der Waals surface area contributed by atoms with E-state index in [4.69, 9.17) is 4.74 Å². The average Bonchev–Trinajstić information content (AvgIpc) is 2.85. The molecule has 1 saturated heterocycles. The van der Waals surface area contributed by atoms with Crippen molar-refractivity contribution in [2.45, 2.75) is 39.0 Å². The van der Waals surface area contributed by atoms with Gasteiger partial charge in [-0.25, -0.2) is 0 Å².